The maximum atomic E-state index is 6.46. The second-order valence-electron chi connectivity index (χ2n) is 4.72. The van der Waals surface area contributed by atoms with Gasteiger partial charge in [0.25, 0.3) is 0 Å². The zero-order valence-corrected chi connectivity index (χ0v) is 13.4. The van der Waals surface area contributed by atoms with E-state index in [1.54, 1.807) is 22.7 Å². The number of anilines is 1. The lowest BCUT2D eigenvalue weighted by Crippen LogP contribution is -1.97. The Hall–Kier alpha value is -1.62. The van der Waals surface area contributed by atoms with Gasteiger partial charge in [-0.25, -0.2) is 4.98 Å². The summed E-state index contributed by atoms with van der Waals surface area (Å²) in [7, 11) is 0. The van der Waals surface area contributed by atoms with E-state index in [9.17, 15) is 0 Å². The van der Waals surface area contributed by atoms with Gasteiger partial charge >= 0.3 is 0 Å². The van der Waals surface area contributed by atoms with Gasteiger partial charge in [0.1, 0.15) is 0 Å². The molecule has 0 amide bonds. The van der Waals surface area contributed by atoms with Gasteiger partial charge in [0.2, 0.25) is 0 Å². The van der Waals surface area contributed by atoms with Crippen LogP contribution >= 0.6 is 34.3 Å². The molecule has 0 fully saturated rings. The zero-order chi connectivity index (χ0) is 14.2. The molecule has 2 heterocycles. The van der Waals surface area contributed by atoms with Gasteiger partial charge in [-0.15, -0.1) is 22.7 Å². The first-order valence-corrected chi connectivity index (χ1v) is 8.62. The van der Waals surface area contributed by atoms with Crippen molar-refractivity contribution in [3.63, 3.8) is 0 Å². The fraction of sp³-hybridized carbons (Fsp3) is 0.0625. The second kappa shape index (κ2) is 5.30. The zero-order valence-electron chi connectivity index (χ0n) is 11.0. The van der Waals surface area contributed by atoms with E-state index < -0.39 is 0 Å². The Labute approximate surface area is 135 Å². The van der Waals surface area contributed by atoms with Gasteiger partial charge in [0, 0.05) is 20.7 Å². The molecule has 2 aromatic carbocycles. The molecule has 0 aliphatic heterocycles. The summed E-state index contributed by atoms with van der Waals surface area (Å²) in [5.41, 5.74) is 4.02. The van der Waals surface area contributed by atoms with Crippen molar-refractivity contribution in [3.05, 3.63) is 57.9 Å². The largest absolute Gasteiger partial charge is 0.380 e. The van der Waals surface area contributed by atoms with E-state index in [0.29, 0.717) is 0 Å². The van der Waals surface area contributed by atoms with Crippen LogP contribution in [0, 0.1) is 0 Å². The number of thiophene rings is 1. The second-order valence-corrected chi connectivity index (χ2v) is 7.12. The van der Waals surface area contributed by atoms with E-state index >= 15 is 0 Å². The summed E-state index contributed by atoms with van der Waals surface area (Å²) in [6.45, 7) is 0.739. The summed E-state index contributed by atoms with van der Waals surface area (Å²) in [6, 6.07) is 14.5. The molecule has 5 heteroatoms. The van der Waals surface area contributed by atoms with Crippen molar-refractivity contribution in [2.45, 2.75) is 6.54 Å². The first-order valence-electron chi connectivity index (χ1n) is 6.54. The number of hydrogen-bond acceptors (Lipinski definition) is 4. The predicted octanol–water partition coefficient (Wildman–Crippen LogP) is 5.78. The predicted molar refractivity (Wildman–Crippen MR) is 93.8 cm³/mol. The molecule has 0 radical (unpaired) electrons. The number of hydrogen-bond donors (Lipinski definition) is 1. The summed E-state index contributed by atoms with van der Waals surface area (Å²) in [5, 5.41) is 5.45. The van der Waals surface area contributed by atoms with E-state index in [2.05, 4.69) is 34.6 Å². The Kier molecular flexibility index (Phi) is 3.30. The Balaban J connectivity index is 1.61. The van der Waals surface area contributed by atoms with Crippen LogP contribution in [-0.4, -0.2) is 4.98 Å². The van der Waals surface area contributed by atoms with E-state index in [1.807, 2.05) is 23.7 Å². The lowest BCUT2D eigenvalue weighted by atomic mass is 10.2. The molecule has 4 aromatic rings. The highest BCUT2D eigenvalue weighted by molar-refractivity contribution is 7.19. The molecule has 4 rings (SSSR count). The van der Waals surface area contributed by atoms with Gasteiger partial charge in [-0.1, -0.05) is 29.8 Å². The Bertz CT molecular complexity index is 926. The van der Waals surface area contributed by atoms with Crippen molar-refractivity contribution in [2.75, 3.05) is 5.32 Å². The summed E-state index contributed by atoms with van der Waals surface area (Å²) >= 11 is 9.86. The molecule has 0 bridgehead atoms. The number of nitrogens with zero attached hydrogens (tertiary/aromatic N) is 1. The van der Waals surface area contributed by atoms with Crippen LogP contribution in [0.15, 0.2) is 48.0 Å². The van der Waals surface area contributed by atoms with Gasteiger partial charge in [-0.3, -0.25) is 0 Å². The van der Waals surface area contributed by atoms with Gasteiger partial charge < -0.3 is 5.32 Å². The fourth-order valence-corrected chi connectivity index (χ4v) is 4.48. The molecule has 2 nitrogen and oxygen atoms in total. The topological polar surface area (TPSA) is 24.9 Å². The molecule has 104 valence electrons. The average molecular weight is 331 g/mol. The summed E-state index contributed by atoms with van der Waals surface area (Å²) in [4.78, 5) is 5.46. The smallest absolute Gasteiger partial charge is 0.0813 e. The minimum atomic E-state index is 0.739. The number of rotatable bonds is 3. The van der Waals surface area contributed by atoms with Crippen LogP contribution in [0.3, 0.4) is 0 Å². The maximum absolute atomic E-state index is 6.46. The normalized spacial score (nSPS) is 11.3. The molecule has 0 unspecified atom stereocenters. The Morgan fingerprint density at radius 2 is 2.00 bits per heavy atom. The number of fused-ring (bicyclic) bond motifs is 2. The van der Waals surface area contributed by atoms with Gasteiger partial charge in [-0.2, -0.15) is 0 Å². The van der Waals surface area contributed by atoms with Crippen molar-refractivity contribution in [3.8, 4) is 0 Å². The maximum Gasteiger partial charge on any atom is 0.0813 e. The molecule has 0 aliphatic carbocycles. The van der Waals surface area contributed by atoms with Gasteiger partial charge in [0.15, 0.2) is 0 Å². The average Bonchev–Trinajstić information content (AvgIpc) is 3.10. The first kappa shape index (κ1) is 13.1. The quantitative estimate of drug-likeness (QED) is 0.515. The molecule has 0 aliphatic rings. The third kappa shape index (κ3) is 2.39. The number of thiazole rings is 1. The van der Waals surface area contributed by atoms with Crippen LogP contribution in [0.4, 0.5) is 5.69 Å². The third-order valence-corrected chi connectivity index (χ3v) is 5.89. The minimum absolute atomic E-state index is 0.739. The standard InChI is InChI=1S/C16H11ClN2S2/c17-16-11-3-1-2-4-13(11)21-15(16)8-18-10-5-6-12-14(7-10)20-9-19-12/h1-7,9,18H,8H2. The molecule has 21 heavy (non-hydrogen) atoms. The summed E-state index contributed by atoms with van der Waals surface area (Å²) < 4.78 is 2.43. The number of nitrogens with one attached hydrogen (secondary N) is 1. The Morgan fingerprint density at radius 1 is 1.10 bits per heavy atom. The number of aromatic nitrogens is 1. The van der Waals surface area contributed by atoms with Crippen molar-refractivity contribution >= 4 is 60.3 Å². The molecular formula is C16H11ClN2S2. The molecular weight excluding hydrogens is 320 g/mol. The van der Waals surface area contributed by atoms with Crippen LogP contribution < -0.4 is 5.32 Å². The first-order chi connectivity index (χ1) is 10.3. The van der Waals surface area contributed by atoms with Gasteiger partial charge in [0.05, 0.1) is 27.3 Å². The number of halogens is 1. The number of benzene rings is 2. The van der Waals surface area contributed by atoms with E-state index in [0.717, 1.165) is 28.2 Å². The van der Waals surface area contributed by atoms with Crippen LogP contribution in [0.25, 0.3) is 20.3 Å². The van der Waals surface area contributed by atoms with Crippen LogP contribution in [0.1, 0.15) is 4.88 Å². The highest BCUT2D eigenvalue weighted by Crippen LogP contribution is 2.35. The van der Waals surface area contributed by atoms with E-state index in [1.165, 1.54) is 14.3 Å². The molecule has 0 saturated carbocycles. The van der Waals surface area contributed by atoms with Crippen molar-refractivity contribution < 1.29 is 0 Å². The minimum Gasteiger partial charge on any atom is -0.380 e. The summed E-state index contributed by atoms with van der Waals surface area (Å²) in [6.07, 6.45) is 0. The van der Waals surface area contributed by atoms with Crippen molar-refractivity contribution in [1.82, 2.24) is 4.98 Å². The van der Waals surface area contributed by atoms with Crippen LogP contribution in [-0.2, 0) is 6.54 Å². The monoisotopic (exact) mass is 330 g/mol. The third-order valence-electron chi connectivity index (χ3n) is 3.39. The summed E-state index contributed by atoms with van der Waals surface area (Å²) in [5.74, 6) is 0. The van der Waals surface area contributed by atoms with Gasteiger partial charge in [-0.05, 0) is 24.3 Å². The van der Waals surface area contributed by atoms with E-state index in [4.69, 9.17) is 11.6 Å². The Morgan fingerprint density at radius 3 is 2.90 bits per heavy atom. The lowest BCUT2D eigenvalue weighted by molar-refractivity contribution is 1.20. The molecule has 0 atom stereocenters. The highest BCUT2D eigenvalue weighted by Gasteiger charge is 2.09. The molecule has 1 N–H and O–H groups in total. The lowest BCUT2D eigenvalue weighted by Gasteiger charge is -2.05. The molecule has 0 saturated heterocycles. The van der Waals surface area contributed by atoms with E-state index in [-0.39, 0.29) is 0 Å². The SMILES string of the molecule is Clc1c(CNc2ccc3ncsc3c2)sc2ccccc12. The van der Waals surface area contributed by atoms with Crippen molar-refractivity contribution in [2.24, 2.45) is 0 Å². The fourth-order valence-electron chi connectivity index (χ4n) is 2.33. The molecule has 0 spiro atoms. The highest BCUT2D eigenvalue weighted by atomic mass is 35.5. The van der Waals surface area contributed by atoms with Crippen LogP contribution in [0.5, 0.6) is 0 Å². The van der Waals surface area contributed by atoms with Crippen molar-refractivity contribution in [1.29, 1.82) is 0 Å². The van der Waals surface area contributed by atoms with Crippen LogP contribution in [0.2, 0.25) is 5.02 Å². The molecule has 2 aromatic heterocycles.